The zero-order chi connectivity index (χ0) is 31.0. The first kappa shape index (κ1) is 28.9. The summed E-state index contributed by atoms with van der Waals surface area (Å²) < 4.78 is 0. The molecule has 9 nitrogen and oxygen atoms in total. The van der Waals surface area contributed by atoms with E-state index in [4.69, 9.17) is 0 Å². The minimum absolute atomic E-state index is 0.0589. The third-order valence-electron chi connectivity index (χ3n) is 7.75. The number of allylic oxidation sites excluding steroid dienone is 2. The lowest BCUT2D eigenvalue weighted by atomic mass is 9.65. The molecule has 0 saturated heterocycles. The number of ketones is 1. The fraction of sp³-hybridized carbons (Fsp3) is 0.147. The first-order chi connectivity index (χ1) is 20.4. The highest BCUT2D eigenvalue weighted by Crippen LogP contribution is 2.52. The van der Waals surface area contributed by atoms with Crippen LogP contribution in [0.2, 0.25) is 0 Å². The van der Waals surface area contributed by atoms with Crippen molar-refractivity contribution in [2.24, 2.45) is 5.92 Å². The third kappa shape index (κ3) is 5.78. The lowest BCUT2D eigenvalue weighted by Gasteiger charge is -2.37. The predicted molar refractivity (Wildman–Crippen MR) is 160 cm³/mol. The largest absolute Gasteiger partial charge is 0.508 e. The van der Waals surface area contributed by atoms with Crippen LogP contribution >= 0.6 is 0 Å². The van der Waals surface area contributed by atoms with Crippen LogP contribution in [0.5, 0.6) is 46.0 Å². The molecule has 5 rings (SSSR count). The summed E-state index contributed by atoms with van der Waals surface area (Å²) in [7, 11) is 0. The smallest absolute Gasteiger partial charge is 0.171 e. The number of benzene rings is 4. The van der Waals surface area contributed by atoms with Gasteiger partial charge < -0.3 is 40.9 Å². The molecule has 0 radical (unpaired) electrons. The van der Waals surface area contributed by atoms with Crippen LogP contribution < -0.4 is 0 Å². The number of aromatic hydroxyl groups is 8. The van der Waals surface area contributed by atoms with E-state index in [0.29, 0.717) is 23.1 Å². The summed E-state index contributed by atoms with van der Waals surface area (Å²) in [4.78, 5) is 14.2. The lowest BCUT2D eigenvalue weighted by molar-refractivity contribution is 0.0876. The Labute approximate surface area is 246 Å². The SMILES string of the molecule is CC1=C[C@H](c2c(O)cc(/C=C/c3ccc(O)cc3O)cc2O)[C@H](C(=O)c2ccc(O)cc2O)[C@@H](c2ccc(O)cc2O)C1. The second-order valence-corrected chi connectivity index (χ2v) is 10.7. The second-order valence-electron chi connectivity index (χ2n) is 10.7. The van der Waals surface area contributed by atoms with Gasteiger partial charge in [-0.3, -0.25) is 4.79 Å². The summed E-state index contributed by atoms with van der Waals surface area (Å²) >= 11 is 0. The zero-order valence-electron chi connectivity index (χ0n) is 23.0. The highest BCUT2D eigenvalue weighted by atomic mass is 16.3. The number of Topliss-reactive ketones (excluding diaryl/α,β-unsaturated/α-hetero) is 1. The Bertz CT molecular complexity index is 1760. The van der Waals surface area contributed by atoms with Crippen LogP contribution in [0.4, 0.5) is 0 Å². The summed E-state index contributed by atoms with van der Waals surface area (Å²) in [5.41, 5.74) is 1.92. The predicted octanol–water partition coefficient (Wildman–Crippen LogP) is 6.22. The van der Waals surface area contributed by atoms with Gasteiger partial charge in [-0.1, -0.05) is 29.9 Å². The van der Waals surface area contributed by atoms with Crippen molar-refractivity contribution >= 4 is 17.9 Å². The topological polar surface area (TPSA) is 179 Å². The highest BCUT2D eigenvalue weighted by molar-refractivity contribution is 6.02. The molecule has 0 aliphatic heterocycles. The van der Waals surface area contributed by atoms with Gasteiger partial charge >= 0.3 is 0 Å². The van der Waals surface area contributed by atoms with Crippen molar-refractivity contribution in [2.75, 3.05) is 0 Å². The molecule has 43 heavy (non-hydrogen) atoms. The van der Waals surface area contributed by atoms with E-state index in [-0.39, 0.29) is 51.4 Å². The maximum atomic E-state index is 14.2. The number of hydrogen-bond donors (Lipinski definition) is 8. The highest BCUT2D eigenvalue weighted by Gasteiger charge is 2.43. The summed E-state index contributed by atoms with van der Waals surface area (Å²) in [6.07, 6.45) is 5.16. The number of carbonyl (C=O) groups is 1. The van der Waals surface area contributed by atoms with Gasteiger partial charge in [0.15, 0.2) is 5.78 Å². The molecule has 0 amide bonds. The van der Waals surface area contributed by atoms with Gasteiger partial charge in [-0.2, -0.15) is 0 Å². The number of carbonyl (C=O) groups excluding carboxylic acids is 1. The Hall–Kier alpha value is -5.57. The molecule has 0 spiro atoms. The average Bonchev–Trinajstić information content (AvgIpc) is 2.91. The van der Waals surface area contributed by atoms with Gasteiger partial charge in [0.05, 0.1) is 5.56 Å². The van der Waals surface area contributed by atoms with Crippen LogP contribution in [0, 0.1) is 5.92 Å². The Morgan fingerprint density at radius 2 is 1.26 bits per heavy atom. The van der Waals surface area contributed by atoms with Crippen molar-refractivity contribution in [2.45, 2.75) is 25.2 Å². The van der Waals surface area contributed by atoms with Crippen molar-refractivity contribution in [3.8, 4) is 46.0 Å². The average molecular weight is 583 g/mol. The second kappa shape index (κ2) is 11.4. The molecule has 3 atom stereocenters. The van der Waals surface area contributed by atoms with Crippen molar-refractivity contribution in [1.82, 2.24) is 0 Å². The van der Waals surface area contributed by atoms with Gasteiger partial charge in [-0.05, 0) is 66.9 Å². The van der Waals surface area contributed by atoms with Crippen molar-refractivity contribution < 1.29 is 45.6 Å². The molecule has 0 unspecified atom stereocenters. The maximum Gasteiger partial charge on any atom is 0.171 e. The molecule has 0 bridgehead atoms. The first-order valence-corrected chi connectivity index (χ1v) is 13.4. The maximum absolute atomic E-state index is 14.2. The van der Waals surface area contributed by atoms with Crippen LogP contribution in [0.3, 0.4) is 0 Å². The van der Waals surface area contributed by atoms with E-state index in [1.165, 1.54) is 66.7 Å². The molecule has 4 aromatic carbocycles. The van der Waals surface area contributed by atoms with Gasteiger partial charge in [-0.25, -0.2) is 0 Å². The molecule has 220 valence electrons. The van der Waals surface area contributed by atoms with Crippen LogP contribution in [-0.2, 0) is 0 Å². The summed E-state index contributed by atoms with van der Waals surface area (Å²) in [5.74, 6) is -5.17. The molecule has 0 fully saturated rings. The van der Waals surface area contributed by atoms with E-state index >= 15 is 0 Å². The Balaban J connectivity index is 1.62. The quantitative estimate of drug-likeness (QED) is 0.0744. The van der Waals surface area contributed by atoms with E-state index in [0.717, 1.165) is 11.6 Å². The molecule has 1 aliphatic carbocycles. The molecular weight excluding hydrogens is 552 g/mol. The normalized spacial score (nSPS) is 18.4. The summed E-state index contributed by atoms with van der Waals surface area (Å²) in [5, 5.41) is 83.1. The van der Waals surface area contributed by atoms with Crippen molar-refractivity contribution in [3.63, 3.8) is 0 Å². The standard InChI is InChI=1S/C34H30O9/c1-17-10-25(23-8-6-21(36)15-28(23)39)32(34(43)24-9-7-22(37)16-29(24)40)26(11-17)33-30(41)12-18(13-31(33)42)2-3-19-4-5-20(35)14-27(19)38/h2-9,11-16,25-26,32,35-42H,10H2,1H3/b3-2+/t25-,26+,32-/m1/s1. The van der Waals surface area contributed by atoms with Crippen LogP contribution in [0.25, 0.3) is 12.2 Å². The van der Waals surface area contributed by atoms with Gasteiger partial charge in [0.25, 0.3) is 0 Å². The third-order valence-corrected chi connectivity index (χ3v) is 7.75. The minimum Gasteiger partial charge on any atom is -0.508 e. The molecule has 0 saturated carbocycles. The Kier molecular flexibility index (Phi) is 7.65. The molecule has 4 aromatic rings. The Morgan fingerprint density at radius 1 is 0.674 bits per heavy atom. The van der Waals surface area contributed by atoms with E-state index in [9.17, 15) is 45.6 Å². The molecule has 9 heteroatoms. The van der Waals surface area contributed by atoms with Crippen LogP contribution in [-0.4, -0.2) is 46.6 Å². The molecule has 8 N–H and O–H groups in total. The fourth-order valence-electron chi connectivity index (χ4n) is 5.81. The van der Waals surface area contributed by atoms with E-state index in [1.54, 1.807) is 12.2 Å². The molecule has 0 aromatic heterocycles. The van der Waals surface area contributed by atoms with Gasteiger partial charge in [-0.15, -0.1) is 0 Å². The monoisotopic (exact) mass is 582 g/mol. The van der Waals surface area contributed by atoms with Crippen molar-refractivity contribution in [3.05, 3.63) is 106 Å². The number of hydrogen-bond acceptors (Lipinski definition) is 9. The van der Waals surface area contributed by atoms with Crippen LogP contribution in [0.1, 0.15) is 57.8 Å². The minimum atomic E-state index is -1.04. The summed E-state index contributed by atoms with van der Waals surface area (Å²) in [6.45, 7) is 1.82. The van der Waals surface area contributed by atoms with Crippen LogP contribution in [0.15, 0.2) is 78.4 Å². The lowest BCUT2D eigenvalue weighted by Crippen LogP contribution is -2.31. The summed E-state index contributed by atoms with van der Waals surface area (Å²) in [6, 6.07) is 14.5. The Morgan fingerprint density at radius 3 is 1.86 bits per heavy atom. The van der Waals surface area contributed by atoms with Gasteiger partial charge in [0.1, 0.15) is 46.0 Å². The molecule has 0 heterocycles. The number of rotatable bonds is 6. The molecule has 1 aliphatic rings. The van der Waals surface area contributed by atoms with E-state index in [2.05, 4.69) is 0 Å². The number of phenols is 8. The van der Waals surface area contributed by atoms with Gasteiger partial charge in [0, 0.05) is 47.1 Å². The van der Waals surface area contributed by atoms with Gasteiger partial charge in [0.2, 0.25) is 0 Å². The number of phenolic OH excluding ortho intramolecular Hbond substituents is 8. The van der Waals surface area contributed by atoms with E-state index < -0.39 is 29.3 Å². The van der Waals surface area contributed by atoms with E-state index in [1.807, 2.05) is 6.92 Å². The molecular formula is C34H30O9. The van der Waals surface area contributed by atoms with Crippen molar-refractivity contribution in [1.29, 1.82) is 0 Å². The zero-order valence-corrected chi connectivity index (χ0v) is 23.0. The first-order valence-electron chi connectivity index (χ1n) is 13.4. The fourth-order valence-corrected chi connectivity index (χ4v) is 5.81.